The number of nitrogens with zero attached hydrogens (tertiary/aromatic N) is 4. The summed E-state index contributed by atoms with van der Waals surface area (Å²) in [5.74, 6) is 6.00. The van der Waals surface area contributed by atoms with Gasteiger partial charge in [-0.25, -0.2) is 9.67 Å². The van der Waals surface area contributed by atoms with Crippen LogP contribution < -0.4 is 0 Å². The van der Waals surface area contributed by atoms with Crippen LogP contribution in [0.5, 0.6) is 0 Å². The van der Waals surface area contributed by atoms with Crippen LogP contribution in [0.3, 0.4) is 0 Å². The molecular weight excluding hydrogens is 315 g/mol. The van der Waals surface area contributed by atoms with Gasteiger partial charge in [0.25, 0.3) is 0 Å². The van der Waals surface area contributed by atoms with Crippen LogP contribution in [0.1, 0.15) is 24.0 Å². The zero-order chi connectivity index (χ0) is 15.8. The van der Waals surface area contributed by atoms with Crippen molar-refractivity contribution in [1.29, 1.82) is 0 Å². The first-order valence-corrected chi connectivity index (χ1v) is 7.74. The summed E-state index contributed by atoms with van der Waals surface area (Å²) in [6.45, 7) is 0.883. The largest absolute Gasteiger partial charge is 0.244 e. The van der Waals surface area contributed by atoms with Crippen molar-refractivity contribution in [2.45, 2.75) is 19.4 Å². The maximum atomic E-state index is 13.1. The van der Waals surface area contributed by atoms with Gasteiger partial charge in [-0.15, -0.1) is 5.10 Å². The molecule has 0 N–H and O–H groups in total. The van der Waals surface area contributed by atoms with Crippen molar-refractivity contribution in [2.24, 2.45) is 5.92 Å². The monoisotopic (exact) mass is 326 g/mol. The van der Waals surface area contributed by atoms with Crippen molar-refractivity contribution in [3.63, 3.8) is 0 Å². The Morgan fingerprint density at radius 1 is 1.26 bits per heavy atom. The van der Waals surface area contributed by atoms with Crippen LogP contribution >= 0.6 is 11.6 Å². The predicted molar refractivity (Wildman–Crippen MR) is 85.4 cm³/mol. The van der Waals surface area contributed by atoms with Gasteiger partial charge >= 0.3 is 0 Å². The maximum absolute atomic E-state index is 13.1. The Bertz CT molecular complexity index is 950. The van der Waals surface area contributed by atoms with Crippen molar-refractivity contribution in [2.75, 3.05) is 0 Å². The molecule has 3 aromatic rings. The number of halogens is 2. The zero-order valence-corrected chi connectivity index (χ0v) is 12.9. The third-order valence-electron chi connectivity index (χ3n) is 3.82. The Morgan fingerprint density at radius 3 is 2.91 bits per heavy atom. The second-order valence-electron chi connectivity index (χ2n) is 5.63. The second-order valence-corrected chi connectivity index (χ2v) is 6.00. The molecule has 4 rings (SSSR count). The first-order chi connectivity index (χ1) is 11.2. The Labute approximate surface area is 137 Å². The highest BCUT2D eigenvalue weighted by Gasteiger charge is 2.23. The van der Waals surface area contributed by atoms with E-state index in [9.17, 15) is 4.39 Å². The van der Waals surface area contributed by atoms with E-state index in [1.807, 2.05) is 16.8 Å². The van der Waals surface area contributed by atoms with E-state index in [-0.39, 0.29) is 0 Å². The van der Waals surface area contributed by atoms with Crippen molar-refractivity contribution >= 4 is 22.6 Å². The summed E-state index contributed by atoms with van der Waals surface area (Å²) in [4.78, 5) is 3.50. The molecule has 2 heterocycles. The number of hydrogen-bond donors (Lipinski definition) is 0. The molecule has 1 aliphatic rings. The molecule has 114 valence electrons. The highest BCUT2D eigenvalue weighted by molar-refractivity contribution is 6.36. The molecule has 1 aromatic carbocycles. The molecule has 0 amide bonds. The minimum atomic E-state index is -0.554. The van der Waals surface area contributed by atoms with Gasteiger partial charge < -0.3 is 0 Å². The number of rotatable bonds is 2. The lowest BCUT2D eigenvalue weighted by atomic mass is 10.1. The Kier molecular flexibility index (Phi) is 3.47. The number of benzene rings is 1. The highest BCUT2D eigenvalue weighted by Crippen LogP contribution is 2.32. The van der Waals surface area contributed by atoms with Crippen molar-refractivity contribution in [3.8, 4) is 11.8 Å². The van der Waals surface area contributed by atoms with E-state index in [0.29, 0.717) is 27.6 Å². The molecule has 23 heavy (non-hydrogen) atoms. The summed E-state index contributed by atoms with van der Waals surface area (Å²) in [5, 5.41) is 8.83. The molecule has 0 aliphatic heterocycles. The van der Waals surface area contributed by atoms with E-state index in [2.05, 4.69) is 27.1 Å². The van der Waals surface area contributed by atoms with E-state index in [4.69, 9.17) is 11.6 Å². The van der Waals surface area contributed by atoms with Crippen molar-refractivity contribution in [1.82, 2.24) is 20.0 Å². The number of fused-ring (bicyclic) bond motifs is 1. The van der Waals surface area contributed by atoms with Gasteiger partial charge in [0.15, 0.2) is 0 Å². The molecule has 1 aliphatic carbocycles. The van der Waals surface area contributed by atoms with Gasteiger partial charge in [0, 0.05) is 29.9 Å². The number of hydrogen-bond acceptors (Lipinski definition) is 3. The van der Waals surface area contributed by atoms with Crippen LogP contribution in [-0.2, 0) is 6.54 Å². The van der Waals surface area contributed by atoms with Crippen LogP contribution in [0.4, 0.5) is 4.39 Å². The summed E-state index contributed by atoms with van der Waals surface area (Å²) < 4.78 is 15.0. The summed E-state index contributed by atoms with van der Waals surface area (Å²) in [6.07, 6.45) is 3.88. The van der Waals surface area contributed by atoms with Gasteiger partial charge in [-0.05, 0) is 37.0 Å². The predicted octanol–water partition coefficient (Wildman–Crippen LogP) is 3.43. The normalized spacial score (nSPS) is 13.8. The minimum Gasteiger partial charge on any atom is -0.244 e. The molecule has 1 fully saturated rings. The molecule has 0 atom stereocenters. The number of aromatic nitrogens is 4. The summed E-state index contributed by atoms with van der Waals surface area (Å²) in [5.41, 5.74) is 2.77. The van der Waals surface area contributed by atoms with E-state index >= 15 is 0 Å². The Hall–Kier alpha value is -2.45. The summed E-state index contributed by atoms with van der Waals surface area (Å²) in [6, 6.07) is 6.71. The maximum Gasteiger partial charge on any atom is 0.214 e. The fourth-order valence-corrected chi connectivity index (χ4v) is 2.65. The van der Waals surface area contributed by atoms with E-state index < -0.39 is 5.95 Å². The lowest BCUT2D eigenvalue weighted by molar-refractivity contribution is 0.559. The van der Waals surface area contributed by atoms with Gasteiger partial charge in [-0.3, -0.25) is 0 Å². The van der Waals surface area contributed by atoms with Crippen LogP contribution in [0.15, 0.2) is 30.5 Å². The van der Waals surface area contributed by atoms with Gasteiger partial charge in [0.05, 0.1) is 10.5 Å². The topological polar surface area (TPSA) is 43.6 Å². The van der Waals surface area contributed by atoms with Gasteiger partial charge in [0.2, 0.25) is 5.95 Å². The highest BCUT2D eigenvalue weighted by atomic mass is 35.5. The lowest BCUT2D eigenvalue weighted by Gasteiger charge is -2.01. The standard InChI is InChI=1S/C17H12ClFN4/c18-16-13(4-3-11-7-8-20-15(19)9-11)5-6-14-17(16)21-22-23(14)10-12-1-2-12/h5-9,12H,1-2,10H2. The SMILES string of the molecule is Fc1cc(C#Cc2ccc3c(nnn3CC3CC3)c2Cl)ccn1. The van der Waals surface area contributed by atoms with Gasteiger partial charge in [0.1, 0.15) is 5.52 Å². The van der Waals surface area contributed by atoms with E-state index in [1.165, 1.54) is 25.1 Å². The van der Waals surface area contributed by atoms with Crippen molar-refractivity contribution < 1.29 is 4.39 Å². The molecule has 0 saturated heterocycles. The van der Waals surface area contributed by atoms with Gasteiger partial charge in [-0.1, -0.05) is 28.7 Å². The average molecular weight is 327 g/mol. The molecule has 6 heteroatoms. The third-order valence-corrected chi connectivity index (χ3v) is 4.20. The fourth-order valence-electron chi connectivity index (χ4n) is 2.40. The lowest BCUT2D eigenvalue weighted by Crippen LogP contribution is -2.01. The molecule has 0 spiro atoms. The quantitative estimate of drug-likeness (QED) is 0.535. The molecular formula is C17H12ClFN4. The summed E-state index contributed by atoms with van der Waals surface area (Å²) >= 11 is 6.40. The van der Waals surface area contributed by atoms with Gasteiger partial charge in [-0.2, -0.15) is 4.39 Å². The van der Waals surface area contributed by atoms with Crippen LogP contribution in [-0.4, -0.2) is 20.0 Å². The second kappa shape index (κ2) is 5.64. The minimum absolute atomic E-state index is 0.478. The van der Waals surface area contributed by atoms with Crippen LogP contribution in [0.25, 0.3) is 11.0 Å². The molecule has 0 radical (unpaired) electrons. The Morgan fingerprint density at radius 2 is 2.13 bits per heavy atom. The molecule has 0 unspecified atom stereocenters. The third kappa shape index (κ3) is 2.90. The van der Waals surface area contributed by atoms with E-state index in [1.54, 1.807) is 6.07 Å². The number of pyridine rings is 1. The van der Waals surface area contributed by atoms with Crippen LogP contribution in [0.2, 0.25) is 5.02 Å². The molecule has 2 aromatic heterocycles. The zero-order valence-electron chi connectivity index (χ0n) is 12.1. The first-order valence-electron chi connectivity index (χ1n) is 7.36. The fraction of sp³-hybridized carbons (Fsp3) is 0.235. The van der Waals surface area contributed by atoms with E-state index in [0.717, 1.165) is 12.1 Å². The van der Waals surface area contributed by atoms with Crippen molar-refractivity contribution in [3.05, 3.63) is 52.6 Å². The smallest absolute Gasteiger partial charge is 0.214 e. The van der Waals surface area contributed by atoms with Crippen LogP contribution in [0, 0.1) is 23.7 Å². The summed E-state index contributed by atoms with van der Waals surface area (Å²) in [7, 11) is 0. The molecule has 1 saturated carbocycles. The average Bonchev–Trinajstić information content (AvgIpc) is 3.26. The molecule has 0 bridgehead atoms. The molecule has 4 nitrogen and oxygen atoms in total. The Balaban J connectivity index is 1.70. The first kappa shape index (κ1) is 14.2.